The molecule has 0 saturated heterocycles. The van der Waals surface area contributed by atoms with Gasteiger partial charge in [0.25, 0.3) is 0 Å². The summed E-state index contributed by atoms with van der Waals surface area (Å²) in [6.45, 7) is 8.79. The smallest absolute Gasteiger partial charge is 0.108 e. The van der Waals surface area contributed by atoms with Crippen LogP contribution in [-0.4, -0.2) is 5.11 Å². The highest BCUT2D eigenvalue weighted by Gasteiger charge is 2.14. The molecular formula is C15H28O. The van der Waals surface area contributed by atoms with E-state index >= 15 is 0 Å². The molecule has 0 aromatic rings. The fourth-order valence-corrected chi connectivity index (χ4v) is 1.99. The zero-order valence-corrected chi connectivity index (χ0v) is 11.5. The van der Waals surface area contributed by atoms with Gasteiger partial charge in [0.2, 0.25) is 0 Å². The van der Waals surface area contributed by atoms with E-state index in [1.54, 1.807) is 0 Å². The molecule has 1 heteroatoms. The Morgan fingerprint density at radius 1 is 1.12 bits per heavy atom. The molecule has 1 N–H and O–H groups in total. The van der Waals surface area contributed by atoms with Crippen molar-refractivity contribution in [3.63, 3.8) is 0 Å². The maximum absolute atomic E-state index is 8.59. The SMILES string of the molecule is CCCCCC(C)CCCC(C)(C)C#CO. The molecule has 0 aromatic carbocycles. The van der Waals surface area contributed by atoms with Gasteiger partial charge in [0.05, 0.1) is 0 Å². The summed E-state index contributed by atoms with van der Waals surface area (Å²) in [7, 11) is 0. The van der Waals surface area contributed by atoms with E-state index in [9.17, 15) is 0 Å². The molecule has 0 heterocycles. The summed E-state index contributed by atoms with van der Waals surface area (Å²) in [5.74, 6) is 3.69. The highest BCUT2D eigenvalue weighted by molar-refractivity contribution is 5.03. The molecule has 0 fully saturated rings. The summed E-state index contributed by atoms with van der Waals surface area (Å²) >= 11 is 0. The predicted octanol–water partition coefficient (Wildman–Crippen LogP) is 4.73. The van der Waals surface area contributed by atoms with E-state index in [0.717, 1.165) is 12.3 Å². The van der Waals surface area contributed by atoms with Crippen molar-refractivity contribution in [3.05, 3.63) is 0 Å². The quantitative estimate of drug-likeness (QED) is 0.466. The van der Waals surface area contributed by atoms with Crippen LogP contribution < -0.4 is 0 Å². The molecule has 0 bridgehead atoms. The molecule has 0 radical (unpaired) electrons. The van der Waals surface area contributed by atoms with Crippen molar-refractivity contribution in [3.8, 4) is 12.0 Å². The lowest BCUT2D eigenvalue weighted by Gasteiger charge is -2.18. The van der Waals surface area contributed by atoms with Crippen LogP contribution in [0.2, 0.25) is 0 Å². The van der Waals surface area contributed by atoms with Gasteiger partial charge in [-0.15, -0.1) is 0 Å². The molecule has 0 rings (SSSR count). The van der Waals surface area contributed by atoms with E-state index in [-0.39, 0.29) is 5.41 Å². The molecule has 1 atom stereocenters. The van der Waals surface area contributed by atoms with E-state index in [1.807, 2.05) is 6.11 Å². The van der Waals surface area contributed by atoms with Gasteiger partial charge in [-0.05, 0) is 26.2 Å². The third-order valence-electron chi connectivity index (χ3n) is 3.19. The molecule has 0 spiro atoms. The van der Waals surface area contributed by atoms with E-state index in [2.05, 4.69) is 33.6 Å². The van der Waals surface area contributed by atoms with Crippen LogP contribution in [0.25, 0.3) is 0 Å². The number of rotatable bonds is 8. The van der Waals surface area contributed by atoms with E-state index < -0.39 is 0 Å². The van der Waals surface area contributed by atoms with Crippen LogP contribution in [0.4, 0.5) is 0 Å². The van der Waals surface area contributed by atoms with Gasteiger partial charge in [-0.2, -0.15) is 0 Å². The molecule has 0 amide bonds. The molecule has 94 valence electrons. The van der Waals surface area contributed by atoms with Crippen LogP contribution in [0.15, 0.2) is 0 Å². The fourth-order valence-electron chi connectivity index (χ4n) is 1.99. The number of aliphatic hydroxyl groups excluding tert-OH is 1. The second-order valence-electron chi connectivity index (χ2n) is 5.61. The Morgan fingerprint density at radius 3 is 2.31 bits per heavy atom. The van der Waals surface area contributed by atoms with E-state index in [1.165, 1.54) is 38.5 Å². The second-order valence-corrected chi connectivity index (χ2v) is 5.61. The maximum atomic E-state index is 8.59. The molecule has 1 unspecified atom stereocenters. The molecule has 1 nitrogen and oxygen atoms in total. The number of unbranched alkanes of at least 4 members (excludes halogenated alkanes) is 2. The monoisotopic (exact) mass is 224 g/mol. The lowest BCUT2D eigenvalue weighted by atomic mass is 9.86. The number of hydrogen-bond donors (Lipinski definition) is 1. The summed E-state index contributed by atoms with van der Waals surface area (Å²) in [6, 6.07) is 0. The molecule has 0 saturated carbocycles. The second kappa shape index (κ2) is 8.50. The van der Waals surface area contributed by atoms with E-state index in [0.29, 0.717) is 0 Å². The lowest BCUT2D eigenvalue weighted by Crippen LogP contribution is -2.08. The van der Waals surface area contributed by atoms with Crippen molar-refractivity contribution >= 4 is 0 Å². The Balaban J connectivity index is 3.59. The van der Waals surface area contributed by atoms with Crippen LogP contribution in [0.5, 0.6) is 0 Å². The Hall–Kier alpha value is -0.640. The molecular weight excluding hydrogens is 196 g/mol. The standard InChI is InChI=1S/C15H28O/c1-5-6-7-9-14(2)10-8-11-15(3,4)12-13-16/h14,16H,5-11H2,1-4H3. The topological polar surface area (TPSA) is 20.2 Å². The van der Waals surface area contributed by atoms with Crippen LogP contribution in [-0.2, 0) is 0 Å². The average molecular weight is 224 g/mol. The van der Waals surface area contributed by atoms with Gasteiger partial charge < -0.3 is 5.11 Å². The first-order valence-corrected chi connectivity index (χ1v) is 6.68. The van der Waals surface area contributed by atoms with Crippen molar-refractivity contribution < 1.29 is 5.11 Å². The van der Waals surface area contributed by atoms with E-state index in [4.69, 9.17) is 5.11 Å². The minimum atomic E-state index is -0.0299. The first-order valence-electron chi connectivity index (χ1n) is 6.68. The van der Waals surface area contributed by atoms with Crippen LogP contribution in [0.3, 0.4) is 0 Å². The van der Waals surface area contributed by atoms with Crippen molar-refractivity contribution in [1.29, 1.82) is 0 Å². The number of hydrogen-bond acceptors (Lipinski definition) is 1. The van der Waals surface area contributed by atoms with Crippen LogP contribution >= 0.6 is 0 Å². The largest absolute Gasteiger partial charge is 0.462 e. The van der Waals surface area contributed by atoms with Crippen molar-refractivity contribution in [2.24, 2.45) is 11.3 Å². The molecule has 0 aliphatic carbocycles. The van der Waals surface area contributed by atoms with Crippen molar-refractivity contribution in [2.75, 3.05) is 0 Å². The Bertz CT molecular complexity index is 219. The normalized spacial score (nSPS) is 13.0. The highest BCUT2D eigenvalue weighted by atomic mass is 16.2. The Kier molecular flexibility index (Phi) is 8.16. The van der Waals surface area contributed by atoms with Gasteiger partial charge in [-0.1, -0.05) is 58.3 Å². The Morgan fingerprint density at radius 2 is 1.75 bits per heavy atom. The summed E-state index contributed by atoms with van der Waals surface area (Å²) in [5, 5.41) is 8.59. The van der Waals surface area contributed by atoms with Crippen LogP contribution in [0, 0.1) is 23.4 Å². The molecule has 0 aliphatic heterocycles. The molecule has 16 heavy (non-hydrogen) atoms. The lowest BCUT2D eigenvalue weighted by molar-refractivity contribution is 0.379. The van der Waals surface area contributed by atoms with Gasteiger partial charge in [-0.25, -0.2) is 0 Å². The zero-order valence-electron chi connectivity index (χ0n) is 11.5. The summed E-state index contributed by atoms with van der Waals surface area (Å²) in [6.07, 6.45) is 11.0. The molecule has 0 aromatic heterocycles. The van der Waals surface area contributed by atoms with Crippen LogP contribution in [0.1, 0.15) is 72.6 Å². The minimum absolute atomic E-state index is 0.0299. The first kappa shape index (κ1) is 15.4. The molecule has 0 aliphatic rings. The summed E-state index contributed by atoms with van der Waals surface area (Å²) in [4.78, 5) is 0. The summed E-state index contributed by atoms with van der Waals surface area (Å²) < 4.78 is 0. The average Bonchev–Trinajstić information content (AvgIpc) is 2.17. The predicted molar refractivity (Wildman–Crippen MR) is 70.6 cm³/mol. The fraction of sp³-hybridized carbons (Fsp3) is 0.867. The van der Waals surface area contributed by atoms with Gasteiger partial charge in [0.15, 0.2) is 0 Å². The van der Waals surface area contributed by atoms with Gasteiger partial charge in [0, 0.05) is 5.41 Å². The minimum Gasteiger partial charge on any atom is -0.462 e. The van der Waals surface area contributed by atoms with Gasteiger partial charge >= 0.3 is 0 Å². The maximum Gasteiger partial charge on any atom is 0.108 e. The van der Waals surface area contributed by atoms with Gasteiger partial charge in [-0.3, -0.25) is 0 Å². The highest BCUT2D eigenvalue weighted by Crippen LogP contribution is 2.24. The third kappa shape index (κ3) is 8.65. The van der Waals surface area contributed by atoms with Crippen molar-refractivity contribution in [1.82, 2.24) is 0 Å². The van der Waals surface area contributed by atoms with Gasteiger partial charge in [0.1, 0.15) is 6.11 Å². The first-order chi connectivity index (χ1) is 7.52. The Labute approximate surface area is 102 Å². The zero-order chi connectivity index (χ0) is 12.4. The third-order valence-corrected chi connectivity index (χ3v) is 3.19. The number of aliphatic hydroxyl groups is 1. The summed E-state index contributed by atoms with van der Waals surface area (Å²) in [5.41, 5.74) is -0.0299. The van der Waals surface area contributed by atoms with Crippen molar-refractivity contribution in [2.45, 2.75) is 72.6 Å².